The Balaban J connectivity index is 1.39. The zero-order valence-corrected chi connectivity index (χ0v) is 32.7. The van der Waals surface area contributed by atoms with Gasteiger partial charge in [0.2, 0.25) is 5.60 Å². The summed E-state index contributed by atoms with van der Waals surface area (Å²) in [6.07, 6.45) is -0.594. The molecule has 2 N–H and O–H groups in total. The van der Waals surface area contributed by atoms with Crippen molar-refractivity contribution in [2.24, 2.45) is 11.1 Å². The number of amides is 2. The maximum atomic E-state index is 14.5. The number of carbonyl (C=O) groups is 5. The van der Waals surface area contributed by atoms with Crippen LogP contribution < -0.4 is 10.6 Å². The van der Waals surface area contributed by atoms with Gasteiger partial charge in [0, 0.05) is 18.4 Å². The van der Waals surface area contributed by atoms with Crippen LogP contribution in [-0.4, -0.2) is 65.1 Å². The molecule has 55 heavy (non-hydrogen) atoms. The minimum atomic E-state index is -1.69. The van der Waals surface area contributed by atoms with Crippen molar-refractivity contribution in [3.63, 3.8) is 0 Å². The summed E-state index contributed by atoms with van der Waals surface area (Å²) in [4.78, 5) is 73.7. The van der Waals surface area contributed by atoms with E-state index in [4.69, 9.17) is 37.5 Å². The van der Waals surface area contributed by atoms with Gasteiger partial charge in [-0.1, -0.05) is 109 Å². The van der Waals surface area contributed by atoms with Crippen LogP contribution in [0.3, 0.4) is 0 Å². The van der Waals surface area contributed by atoms with Gasteiger partial charge >= 0.3 is 11.9 Å². The number of carbonyl (C=O) groups excluding carboxylic acids is 5. The normalized spacial score (nSPS) is 16.4. The van der Waals surface area contributed by atoms with Crippen LogP contribution in [0.15, 0.2) is 96.2 Å². The minimum Gasteiger partial charge on any atom is -0.460 e. The average Bonchev–Trinajstić information content (AvgIpc) is 3.56. The van der Waals surface area contributed by atoms with Gasteiger partial charge in [0.1, 0.15) is 11.6 Å². The number of nitrogens with one attached hydrogen (secondary N) is 2. The van der Waals surface area contributed by atoms with Crippen molar-refractivity contribution in [1.29, 1.82) is 0 Å². The molecule has 5 rings (SSSR count). The van der Waals surface area contributed by atoms with Gasteiger partial charge < -0.3 is 24.9 Å². The number of ketones is 1. The quantitative estimate of drug-likeness (QED) is 0.127. The molecule has 1 aliphatic rings. The molecule has 1 heterocycles. The van der Waals surface area contributed by atoms with Gasteiger partial charge in [-0.2, -0.15) is 0 Å². The van der Waals surface area contributed by atoms with E-state index in [1.807, 2.05) is 80.6 Å². The summed E-state index contributed by atoms with van der Waals surface area (Å²) in [5.41, 5.74) is -1.11. The predicted molar refractivity (Wildman–Crippen MR) is 210 cm³/mol. The van der Waals surface area contributed by atoms with Gasteiger partial charge in [0.05, 0.1) is 33.8 Å². The largest absolute Gasteiger partial charge is 0.460 e. The van der Waals surface area contributed by atoms with Gasteiger partial charge in [-0.25, -0.2) is 4.79 Å². The van der Waals surface area contributed by atoms with Crippen molar-refractivity contribution in [3.8, 4) is 0 Å². The number of rotatable bonds is 14. The lowest BCUT2D eigenvalue weighted by atomic mass is 9.84. The van der Waals surface area contributed by atoms with E-state index in [0.29, 0.717) is 11.3 Å². The summed E-state index contributed by atoms with van der Waals surface area (Å²) in [5, 5.41) is 12.1. The third kappa shape index (κ3) is 10.5. The van der Waals surface area contributed by atoms with E-state index in [1.165, 1.54) is 12.1 Å². The summed E-state index contributed by atoms with van der Waals surface area (Å²) in [6.45, 7) is 8.01. The molecule has 3 atom stereocenters. The Morgan fingerprint density at radius 3 is 2.16 bits per heavy atom. The highest BCUT2D eigenvalue weighted by atomic mass is 35.5. The fraction of sp³-hybridized carbons (Fsp3) is 0.333. The number of benzene rings is 4. The number of ether oxygens (including phenoxy) is 2. The van der Waals surface area contributed by atoms with E-state index < -0.39 is 59.9 Å². The number of oxime groups is 1. The Morgan fingerprint density at radius 1 is 0.855 bits per heavy atom. The topological polar surface area (TPSA) is 149 Å². The fourth-order valence-electron chi connectivity index (χ4n) is 6.17. The first-order chi connectivity index (χ1) is 26.0. The zero-order valence-electron chi connectivity index (χ0n) is 31.2. The molecule has 0 spiro atoms. The Morgan fingerprint density at radius 2 is 1.51 bits per heavy atom. The Bertz CT molecular complexity index is 2090. The van der Waals surface area contributed by atoms with E-state index in [2.05, 4.69) is 15.8 Å². The van der Waals surface area contributed by atoms with E-state index in [9.17, 15) is 24.0 Å². The molecule has 288 valence electrons. The van der Waals surface area contributed by atoms with Gasteiger partial charge in [-0.3, -0.25) is 19.2 Å². The lowest BCUT2D eigenvalue weighted by Gasteiger charge is -2.29. The number of hydrogen-bond donors (Lipinski definition) is 2. The summed E-state index contributed by atoms with van der Waals surface area (Å²) >= 11 is 12.3. The summed E-state index contributed by atoms with van der Waals surface area (Å²) in [6, 6.07) is 24.6. The first-order valence-electron chi connectivity index (χ1n) is 17.8. The molecule has 0 saturated carbocycles. The molecule has 0 aliphatic carbocycles. The molecule has 4 aromatic carbocycles. The maximum absolute atomic E-state index is 14.5. The smallest absolute Gasteiger partial charge is 0.341 e. The lowest BCUT2D eigenvalue weighted by molar-refractivity contribution is -0.157. The fourth-order valence-corrected chi connectivity index (χ4v) is 6.72. The molecule has 1 unspecified atom stereocenters. The lowest BCUT2D eigenvalue weighted by Crippen LogP contribution is -2.55. The van der Waals surface area contributed by atoms with E-state index >= 15 is 0 Å². The molecule has 0 fully saturated rings. The second-order valence-corrected chi connectivity index (χ2v) is 15.5. The van der Waals surface area contributed by atoms with Crippen molar-refractivity contribution < 1.29 is 38.3 Å². The molecule has 2 amide bonds. The van der Waals surface area contributed by atoms with Crippen molar-refractivity contribution in [3.05, 3.63) is 118 Å². The molecule has 1 aliphatic heterocycles. The molecule has 4 aromatic rings. The molecule has 11 nitrogen and oxygen atoms in total. The number of esters is 2. The number of nitrogens with zero attached hydrogens (tertiary/aromatic N) is 1. The van der Waals surface area contributed by atoms with Gasteiger partial charge in [-0.15, -0.1) is 0 Å². The number of Topliss-reactive ketones (excluding diaryl/α,β-unsaturated/α-hetero) is 1. The van der Waals surface area contributed by atoms with Crippen molar-refractivity contribution in [1.82, 2.24) is 10.6 Å². The monoisotopic (exact) mass is 787 g/mol. The molecule has 0 radical (unpaired) electrons. The van der Waals surface area contributed by atoms with Gasteiger partial charge in [0.25, 0.3) is 11.8 Å². The summed E-state index contributed by atoms with van der Waals surface area (Å²) in [7, 11) is 0. The Labute approximate surface area is 329 Å². The summed E-state index contributed by atoms with van der Waals surface area (Å²) in [5.74, 6) is -3.77. The average molecular weight is 789 g/mol. The zero-order chi connectivity index (χ0) is 39.9. The molecule has 0 bridgehead atoms. The molecule has 0 saturated heterocycles. The highest BCUT2D eigenvalue weighted by Gasteiger charge is 2.50. The van der Waals surface area contributed by atoms with E-state index in [0.717, 1.165) is 16.3 Å². The Hall–Kier alpha value is -5.26. The third-order valence-corrected chi connectivity index (χ3v) is 9.50. The van der Waals surface area contributed by atoms with Crippen LogP contribution in [0.25, 0.3) is 10.8 Å². The molecule has 13 heteroatoms. The minimum absolute atomic E-state index is 0.0220. The predicted octanol–water partition coefficient (Wildman–Crippen LogP) is 7.30. The second kappa shape index (κ2) is 17.5. The molecular weight excluding hydrogens is 745 g/mol. The molecule has 0 aromatic heterocycles. The third-order valence-electron chi connectivity index (χ3n) is 8.87. The van der Waals surface area contributed by atoms with Gasteiger partial charge in [-0.05, 0) is 67.3 Å². The summed E-state index contributed by atoms with van der Waals surface area (Å²) < 4.78 is 10.7. The van der Waals surface area contributed by atoms with E-state index in [1.54, 1.807) is 32.9 Å². The highest BCUT2D eigenvalue weighted by molar-refractivity contribution is 6.39. The van der Waals surface area contributed by atoms with Crippen LogP contribution in [0.5, 0.6) is 0 Å². The highest BCUT2D eigenvalue weighted by Crippen LogP contribution is 2.32. The second-order valence-electron chi connectivity index (χ2n) is 14.7. The van der Waals surface area contributed by atoms with Crippen LogP contribution in [-0.2, 0) is 35.1 Å². The Kier molecular flexibility index (Phi) is 13.0. The van der Waals surface area contributed by atoms with E-state index in [-0.39, 0.29) is 40.3 Å². The number of fused-ring (bicyclic) bond motifs is 1. The SMILES string of the molecule is CC(C)[C@H](NC(=O)c1ccc2ccccc2c1)C1=NOC(Cc2ccccc2)(C(=O)N[C@@H](CC(=O)OC(C)(C)C)C(=O)COC(=O)c2c(Cl)cccc2Cl)C1. The van der Waals surface area contributed by atoms with Crippen LogP contribution in [0, 0.1) is 5.92 Å². The van der Waals surface area contributed by atoms with Crippen LogP contribution in [0.2, 0.25) is 10.0 Å². The molecular formula is C42H43Cl2N3O8. The van der Waals surface area contributed by atoms with Crippen LogP contribution >= 0.6 is 23.2 Å². The standard InChI is InChI=1S/C42H43Cl2N3O8/c1-25(2)37(46-38(50)29-19-18-27-14-9-10-15-28(27)20-29)33-23-42(55-47-33,22-26-12-7-6-8-13-26)40(52)45-32(21-35(49)54-41(3,4)5)34(48)24-53-39(51)36-30(43)16-11-17-31(36)44/h6-20,25,32,37H,21-24H2,1-5H3,(H,45,52)(H,46,50)/t32-,37-,42?/m0/s1. The van der Waals surface area contributed by atoms with Crippen LogP contribution in [0.1, 0.15) is 73.7 Å². The van der Waals surface area contributed by atoms with Crippen molar-refractivity contribution in [2.75, 3.05) is 6.61 Å². The number of hydrogen-bond acceptors (Lipinski definition) is 9. The first kappa shape index (κ1) is 40.9. The first-order valence-corrected chi connectivity index (χ1v) is 18.6. The van der Waals surface area contributed by atoms with Crippen molar-refractivity contribution in [2.45, 2.75) is 77.2 Å². The number of halogens is 2. The van der Waals surface area contributed by atoms with Gasteiger partial charge in [0.15, 0.2) is 12.4 Å². The maximum Gasteiger partial charge on any atom is 0.341 e. The van der Waals surface area contributed by atoms with Crippen LogP contribution in [0.4, 0.5) is 0 Å². The van der Waals surface area contributed by atoms with Crippen molar-refractivity contribution >= 4 is 69.2 Å².